The quantitative estimate of drug-likeness (QED) is 0.176. The average molecular weight is 752 g/mol. The number of hydrogen-bond acceptors (Lipinski definition) is 11. The number of alkyl halides is 1. The van der Waals surface area contributed by atoms with Crippen molar-refractivity contribution >= 4 is 70.9 Å². The molecule has 4 heterocycles. The number of nitrogens with zero attached hydrogens (tertiary/aromatic N) is 4. The highest BCUT2D eigenvalue weighted by Gasteiger charge is 2.49. The van der Waals surface area contributed by atoms with E-state index in [2.05, 4.69) is 20.6 Å². The number of carbonyl (C=O) groups excluding carboxylic acids is 1. The molecule has 0 radical (unpaired) electrons. The van der Waals surface area contributed by atoms with Gasteiger partial charge in [-0.25, -0.2) is 31.5 Å². The second-order valence-corrected chi connectivity index (χ2v) is 16.5. The monoisotopic (exact) mass is 751 g/mol. The number of fused-ring (bicyclic) bond motifs is 3. The molecule has 4 N–H and O–H groups in total. The van der Waals surface area contributed by atoms with E-state index >= 15 is 8.78 Å². The first-order valence-corrected chi connectivity index (χ1v) is 18.5. The summed E-state index contributed by atoms with van der Waals surface area (Å²) in [4.78, 5) is 23.3. The number of carbonyl (C=O) groups is 1. The standard InChI is InChI=1S/C32H33ClF3N7O5S2/c1-31(2,3)48-30(44)42-28-19(13-37)22-17(5-6-21(35)26(22)49-28)23-20(33)11-18-25(24(23)36)40-29(41-27(18)39-8-10-50(38,45)46)47-15-32-7-4-9-43(32)14-16(34)12-32/h5-6,11,16H,4,7-10,12,14-15H2,1-3H3,(H,42,44)(H2,38,45,46)(H,39,40,41)/t16-,32+/m1/s1. The zero-order valence-corrected chi connectivity index (χ0v) is 29.6. The zero-order chi connectivity index (χ0) is 36.2. The lowest BCUT2D eigenvalue weighted by atomic mass is 9.95. The van der Waals surface area contributed by atoms with Crippen LogP contribution in [0.3, 0.4) is 0 Å². The van der Waals surface area contributed by atoms with Crippen LogP contribution in [-0.4, -0.2) is 78.7 Å². The van der Waals surface area contributed by atoms with Crippen LogP contribution in [0.4, 0.5) is 28.8 Å². The summed E-state index contributed by atoms with van der Waals surface area (Å²) in [6, 6.07) is 5.44. The third-order valence-corrected chi connectivity index (χ3v) is 10.7. The molecule has 266 valence electrons. The number of nitrogens with one attached hydrogen (secondary N) is 2. The van der Waals surface area contributed by atoms with Gasteiger partial charge in [0.15, 0.2) is 5.82 Å². The van der Waals surface area contributed by atoms with Gasteiger partial charge in [-0.05, 0) is 57.9 Å². The van der Waals surface area contributed by atoms with Gasteiger partial charge in [-0.1, -0.05) is 17.7 Å². The maximum Gasteiger partial charge on any atom is 0.412 e. The molecule has 12 nitrogen and oxygen atoms in total. The Kier molecular flexibility index (Phi) is 9.54. The van der Waals surface area contributed by atoms with Crippen molar-refractivity contribution in [3.8, 4) is 23.2 Å². The molecule has 0 unspecified atom stereocenters. The number of hydrogen-bond donors (Lipinski definition) is 3. The summed E-state index contributed by atoms with van der Waals surface area (Å²) in [5, 5.41) is 20.6. The van der Waals surface area contributed by atoms with Gasteiger partial charge in [0.05, 0.1) is 26.6 Å². The van der Waals surface area contributed by atoms with Crippen molar-refractivity contribution in [2.75, 3.05) is 42.6 Å². The molecular formula is C32H33ClF3N7O5S2. The first-order valence-electron chi connectivity index (χ1n) is 15.6. The number of halogens is 4. The summed E-state index contributed by atoms with van der Waals surface area (Å²) >= 11 is 7.48. The number of amides is 1. The zero-order valence-electron chi connectivity index (χ0n) is 27.2. The minimum Gasteiger partial charge on any atom is -0.461 e. The number of aromatic nitrogens is 2. The second kappa shape index (κ2) is 13.3. The summed E-state index contributed by atoms with van der Waals surface area (Å²) < 4.78 is 81.0. The van der Waals surface area contributed by atoms with Crippen molar-refractivity contribution in [1.29, 1.82) is 5.26 Å². The lowest BCUT2D eigenvalue weighted by Crippen LogP contribution is -2.43. The fourth-order valence-electron chi connectivity index (χ4n) is 6.55. The van der Waals surface area contributed by atoms with E-state index in [1.54, 1.807) is 20.8 Å². The molecule has 1 amide bonds. The molecule has 2 aliphatic rings. The second-order valence-electron chi connectivity index (χ2n) is 13.3. The van der Waals surface area contributed by atoms with Crippen molar-refractivity contribution in [2.45, 2.75) is 57.3 Å². The molecule has 0 spiro atoms. The Morgan fingerprint density at radius 3 is 2.76 bits per heavy atom. The highest BCUT2D eigenvalue weighted by Crippen LogP contribution is 2.46. The average Bonchev–Trinajstić information content (AvgIpc) is 3.66. The summed E-state index contributed by atoms with van der Waals surface area (Å²) in [6.07, 6.45) is -0.0656. The molecule has 2 fully saturated rings. The molecule has 6 rings (SSSR count). The number of primary sulfonamides is 1. The number of thiophene rings is 1. The van der Waals surface area contributed by atoms with Gasteiger partial charge in [0.1, 0.15) is 46.6 Å². The Balaban J connectivity index is 1.47. The number of nitrogens with two attached hydrogens (primary N) is 1. The summed E-state index contributed by atoms with van der Waals surface area (Å²) in [7, 11) is -3.87. The van der Waals surface area contributed by atoms with Crippen LogP contribution < -0.4 is 20.5 Å². The van der Waals surface area contributed by atoms with Gasteiger partial charge in [0.25, 0.3) is 0 Å². The molecule has 2 aromatic heterocycles. The van der Waals surface area contributed by atoms with Crippen LogP contribution in [0.1, 0.15) is 45.6 Å². The Labute approximate surface area is 294 Å². The first kappa shape index (κ1) is 35.9. The van der Waals surface area contributed by atoms with E-state index in [9.17, 15) is 22.9 Å². The molecular weight excluding hydrogens is 719 g/mol. The Morgan fingerprint density at radius 1 is 1.30 bits per heavy atom. The van der Waals surface area contributed by atoms with Crippen molar-refractivity contribution in [3.63, 3.8) is 0 Å². The summed E-state index contributed by atoms with van der Waals surface area (Å²) in [5.41, 5.74) is -2.02. The summed E-state index contributed by atoms with van der Waals surface area (Å²) in [6.45, 7) is 5.81. The highest BCUT2D eigenvalue weighted by molar-refractivity contribution is 7.89. The van der Waals surface area contributed by atoms with Crippen LogP contribution in [-0.2, 0) is 14.8 Å². The van der Waals surface area contributed by atoms with Crippen LogP contribution >= 0.6 is 22.9 Å². The van der Waals surface area contributed by atoms with Gasteiger partial charge in [-0.3, -0.25) is 10.2 Å². The molecule has 2 aliphatic heterocycles. The van der Waals surface area contributed by atoms with Crippen molar-refractivity contribution in [2.24, 2.45) is 5.14 Å². The van der Waals surface area contributed by atoms with Crippen LogP contribution in [0, 0.1) is 23.0 Å². The number of sulfonamides is 1. The maximum atomic E-state index is 16.9. The molecule has 2 atom stereocenters. The van der Waals surface area contributed by atoms with Crippen LogP contribution in [0.2, 0.25) is 5.02 Å². The fourth-order valence-corrected chi connectivity index (χ4v) is 8.30. The highest BCUT2D eigenvalue weighted by atomic mass is 35.5. The van der Waals surface area contributed by atoms with E-state index in [4.69, 9.17) is 26.2 Å². The summed E-state index contributed by atoms with van der Waals surface area (Å²) in [5.74, 6) is -2.16. The van der Waals surface area contributed by atoms with Gasteiger partial charge in [0, 0.05) is 35.8 Å². The van der Waals surface area contributed by atoms with Gasteiger partial charge >= 0.3 is 12.1 Å². The number of anilines is 2. The molecule has 4 aromatic rings. The molecule has 0 bridgehead atoms. The van der Waals surface area contributed by atoms with Crippen LogP contribution in [0.15, 0.2) is 18.2 Å². The van der Waals surface area contributed by atoms with Crippen LogP contribution in [0.5, 0.6) is 6.01 Å². The minimum atomic E-state index is -3.87. The molecule has 18 heteroatoms. The number of ether oxygens (including phenoxy) is 2. The van der Waals surface area contributed by atoms with Crippen LogP contribution in [0.25, 0.3) is 32.1 Å². The van der Waals surface area contributed by atoms with E-state index in [1.165, 1.54) is 12.1 Å². The molecule has 2 saturated heterocycles. The Morgan fingerprint density at radius 2 is 2.06 bits per heavy atom. The fraction of sp³-hybridized carbons (Fsp3) is 0.438. The molecule has 2 aromatic carbocycles. The Bertz CT molecular complexity index is 2170. The lowest BCUT2D eigenvalue weighted by molar-refractivity contribution is 0.0636. The normalized spacial score (nSPS) is 19.5. The van der Waals surface area contributed by atoms with E-state index in [1.807, 2.05) is 11.0 Å². The van der Waals surface area contributed by atoms with Crippen molar-refractivity contribution in [3.05, 3.63) is 40.4 Å². The van der Waals surface area contributed by atoms with E-state index in [0.717, 1.165) is 23.8 Å². The molecule has 0 saturated carbocycles. The third-order valence-electron chi connectivity index (χ3n) is 8.56. The number of rotatable bonds is 9. The Hall–Kier alpha value is -3.95. The molecule has 50 heavy (non-hydrogen) atoms. The van der Waals surface area contributed by atoms with Gasteiger partial charge < -0.3 is 14.8 Å². The van der Waals surface area contributed by atoms with Gasteiger partial charge in [-0.15, -0.1) is 11.3 Å². The topological polar surface area (TPSA) is 173 Å². The van der Waals surface area contributed by atoms with E-state index in [-0.39, 0.29) is 85.6 Å². The van der Waals surface area contributed by atoms with Crippen molar-refractivity contribution < 1.29 is 35.9 Å². The number of benzene rings is 2. The van der Waals surface area contributed by atoms with E-state index in [0.29, 0.717) is 13.0 Å². The van der Waals surface area contributed by atoms with Gasteiger partial charge in [0.2, 0.25) is 10.0 Å². The van der Waals surface area contributed by atoms with E-state index < -0.39 is 50.8 Å². The SMILES string of the molecule is CC(C)(C)OC(=O)Nc1sc2c(F)ccc(-c3c(Cl)cc4c(NCCS(N)(=O)=O)nc(OC[C@@]56CCCN5C[C@H](F)C6)nc4c3F)c2c1C#N. The smallest absolute Gasteiger partial charge is 0.412 e. The van der Waals surface area contributed by atoms with Crippen molar-refractivity contribution in [1.82, 2.24) is 14.9 Å². The molecule has 0 aliphatic carbocycles. The largest absolute Gasteiger partial charge is 0.461 e. The first-order chi connectivity index (χ1) is 23.5. The predicted molar refractivity (Wildman–Crippen MR) is 185 cm³/mol. The lowest BCUT2D eigenvalue weighted by Gasteiger charge is -2.30. The number of nitriles is 1. The minimum absolute atomic E-state index is 0.00193. The van der Waals surface area contributed by atoms with Gasteiger partial charge in [-0.2, -0.15) is 15.2 Å². The maximum absolute atomic E-state index is 16.9. The third kappa shape index (κ3) is 7.12. The predicted octanol–water partition coefficient (Wildman–Crippen LogP) is 6.32.